The Kier molecular flexibility index (Phi) is 7.07. The third-order valence-electron chi connectivity index (χ3n) is 5.16. The molecule has 0 saturated carbocycles. The first kappa shape index (κ1) is 22.1. The van der Waals surface area contributed by atoms with Crippen molar-refractivity contribution in [3.8, 4) is 16.9 Å². The number of hydrogen-bond donors (Lipinski definition) is 1. The first-order valence-electron chi connectivity index (χ1n) is 10.1. The molecule has 3 aromatic rings. The molecule has 0 aliphatic heterocycles. The first-order valence-corrected chi connectivity index (χ1v) is 10.1. The molecule has 0 spiro atoms. The lowest BCUT2D eigenvalue weighted by molar-refractivity contribution is -0.146. The Bertz CT molecular complexity index is 1120. The van der Waals surface area contributed by atoms with Gasteiger partial charge in [0.2, 0.25) is 0 Å². The van der Waals surface area contributed by atoms with Crippen molar-refractivity contribution in [1.29, 1.82) is 0 Å². The van der Waals surface area contributed by atoms with Crippen molar-refractivity contribution in [3.63, 3.8) is 0 Å². The van der Waals surface area contributed by atoms with Gasteiger partial charge in [0.05, 0.1) is 7.11 Å². The number of carbonyl (C=O) groups is 2. The summed E-state index contributed by atoms with van der Waals surface area (Å²) < 4.78 is 15.7. The molecule has 1 heterocycles. The molecule has 0 unspecified atom stereocenters. The number of esters is 1. The zero-order chi connectivity index (χ0) is 22.4. The van der Waals surface area contributed by atoms with Gasteiger partial charge in [-0.15, -0.1) is 0 Å². The maximum Gasteiger partial charge on any atom is 0.336 e. The predicted octanol–water partition coefficient (Wildman–Crippen LogP) is 3.54. The summed E-state index contributed by atoms with van der Waals surface area (Å²) in [6.07, 6.45) is 0.703. The molecule has 1 N–H and O–H groups in total. The summed E-state index contributed by atoms with van der Waals surface area (Å²) in [5, 5.41) is 3.41. The summed E-state index contributed by atoms with van der Waals surface area (Å²) in [5.41, 5.74) is 1.53. The third kappa shape index (κ3) is 5.31. The molecule has 7 nitrogen and oxygen atoms in total. The van der Waals surface area contributed by atoms with E-state index in [2.05, 4.69) is 5.32 Å². The summed E-state index contributed by atoms with van der Waals surface area (Å²) in [7, 11) is 1.28. The van der Waals surface area contributed by atoms with E-state index >= 15 is 0 Å². The summed E-state index contributed by atoms with van der Waals surface area (Å²) in [6.45, 7) is 3.49. The van der Waals surface area contributed by atoms with Crippen molar-refractivity contribution >= 4 is 22.8 Å². The van der Waals surface area contributed by atoms with E-state index in [1.165, 1.54) is 13.2 Å². The molecule has 7 heteroatoms. The summed E-state index contributed by atoms with van der Waals surface area (Å²) in [5.74, 6) is -0.657. The highest BCUT2D eigenvalue weighted by molar-refractivity contribution is 5.93. The van der Waals surface area contributed by atoms with Gasteiger partial charge in [0.15, 0.2) is 6.61 Å². The van der Waals surface area contributed by atoms with Crippen molar-refractivity contribution in [2.24, 2.45) is 5.92 Å². The van der Waals surface area contributed by atoms with Crippen LogP contribution in [0.3, 0.4) is 0 Å². The molecule has 0 aliphatic rings. The molecular weight excluding hydrogens is 398 g/mol. The van der Waals surface area contributed by atoms with Gasteiger partial charge in [-0.25, -0.2) is 9.59 Å². The number of fused-ring (bicyclic) bond motifs is 1. The van der Waals surface area contributed by atoms with Crippen molar-refractivity contribution in [2.45, 2.75) is 26.3 Å². The van der Waals surface area contributed by atoms with Crippen LogP contribution in [0.2, 0.25) is 0 Å². The lowest BCUT2D eigenvalue weighted by Crippen LogP contribution is -2.47. The van der Waals surface area contributed by atoms with E-state index in [1.807, 2.05) is 44.2 Å². The summed E-state index contributed by atoms with van der Waals surface area (Å²) >= 11 is 0. The molecule has 0 radical (unpaired) electrons. The zero-order valence-electron chi connectivity index (χ0n) is 17.7. The van der Waals surface area contributed by atoms with Crippen LogP contribution >= 0.6 is 0 Å². The van der Waals surface area contributed by atoms with E-state index in [0.717, 1.165) is 16.5 Å². The standard InChI is InChI=1S/C24H25NO6/c1-4-15(2)23(24(28)29-3)25-21(26)14-30-17-10-11-18-19(16-8-6-5-7-9-16)13-22(27)31-20(18)12-17/h5-13,15,23H,4,14H2,1-3H3,(H,25,26)/t15-,23-/m1/s1. The number of ether oxygens (including phenoxy) is 2. The van der Waals surface area contributed by atoms with Crippen LogP contribution in [0.1, 0.15) is 20.3 Å². The Labute approximate surface area is 180 Å². The molecule has 2 atom stereocenters. The van der Waals surface area contributed by atoms with Crippen molar-refractivity contribution in [1.82, 2.24) is 5.32 Å². The van der Waals surface area contributed by atoms with Gasteiger partial charge in [0.25, 0.3) is 5.91 Å². The minimum atomic E-state index is -0.742. The van der Waals surface area contributed by atoms with Crippen LogP contribution in [0.4, 0.5) is 0 Å². The van der Waals surface area contributed by atoms with Gasteiger partial charge in [-0.1, -0.05) is 50.6 Å². The normalized spacial score (nSPS) is 12.7. The van der Waals surface area contributed by atoms with Crippen LogP contribution in [0.25, 0.3) is 22.1 Å². The lowest BCUT2D eigenvalue weighted by atomic mass is 9.99. The number of amides is 1. The van der Waals surface area contributed by atoms with E-state index in [0.29, 0.717) is 17.8 Å². The quantitative estimate of drug-likeness (QED) is 0.440. The fourth-order valence-corrected chi connectivity index (χ4v) is 3.25. The molecule has 0 aliphatic carbocycles. The van der Waals surface area contributed by atoms with Crippen LogP contribution in [-0.2, 0) is 14.3 Å². The van der Waals surface area contributed by atoms with E-state index in [9.17, 15) is 14.4 Å². The fourth-order valence-electron chi connectivity index (χ4n) is 3.25. The van der Waals surface area contributed by atoms with Crippen molar-refractivity contribution in [2.75, 3.05) is 13.7 Å². The van der Waals surface area contributed by atoms with Gasteiger partial charge in [0, 0.05) is 17.5 Å². The second-order valence-electron chi connectivity index (χ2n) is 7.25. The second kappa shape index (κ2) is 9.93. The van der Waals surface area contributed by atoms with E-state index in [1.54, 1.807) is 18.2 Å². The van der Waals surface area contributed by atoms with Gasteiger partial charge >= 0.3 is 11.6 Å². The maximum absolute atomic E-state index is 12.3. The highest BCUT2D eigenvalue weighted by atomic mass is 16.5. The number of rotatable bonds is 8. The molecule has 0 fully saturated rings. The number of methoxy groups -OCH3 is 1. The van der Waals surface area contributed by atoms with Gasteiger partial charge < -0.3 is 19.2 Å². The first-order chi connectivity index (χ1) is 14.9. The second-order valence-corrected chi connectivity index (χ2v) is 7.25. The Morgan fingerprint density at radius 2 is 1.84 bits per heavy atom. The molecule has 31 heavy (non-hydrogen) atoms. The minimum absolute atomic E-state index is 0.0808. The topological polar surface area (TPSA) is 94.8 Å². The minimum Gasteiger partial charge on any atom is -0.484 e. The molecule has 1 amide bonds. The van der Waals surface area contributed by atoms with Gasteiger partial charge in [0.1, 0.15) is 17.4 Å². The van der Waals surface area contributed by atoms with Crippen LogP contribution in [-0.4, -0.2) is 31.6 Å². The maximum atomic E-state index is 12.3. The number of benzene rings is 2. The highest BCUT2D eigenvalue weighted by Crippen LogP contribution is 2.29. The molecule has 162 valence electrons. The van der Waals surface area contributed by atoms with Crippen LogP contribution in [0.15, 0.2) is 63.8 Å². The Morgan fingerprint density at radius 3 is 2.52 bits per heavy atom. The smallest absolute Gasteiger partial charge is 0.336 e. The molecular formula is C24H25NO6. The number of carbonyl (C=O) groups excluding carboxylic acids is 2. The predicted molar refractivity (Wildman–Crippen MR) is 117 cm³/mol. The van der Waals surface area contributed by atoms with Crippen LogP contribution < -0.4 is 15.7 Å². The average Bonchev–Trinajstić information content (AvgIpc) is 2.79. The lowest BCUT2D eigenvalue weighted by Gasteiger charge is -2.21. The van der Waals surface area contributed by atoms with Crippen LogP contribution in [0.5, 0.6) is 5.75 Å². The van der Waals surface area contributed by atoms with E-state index < -0.39 is 23.5 Å². The largest absolute Gasteiger partial charge is 0.484 e. The fraction of sp³-hybridized carbons (Fsp3) is 0.292. The molecule has 0 saturated heterocycles. The third-order valence-corrected chi connectivity index (χ3v) is 5.16. The Hall–Kier alpha value is -3.61. The summed E-state index contributed by atoms with van der Waals surface area (Å²) in [4.78, 5) is 36.3. The summed E-state index contributed by atoms with van der Waals surface area (Å²) in [6, 6.07) is 15.3. The monoisotopic (exact) mass is 423 g/mol. The molecule has 1 aromatic heterocycles. The van der Waals surface area contributed by atoms with E-state index in [-0.39, 0.29) is 12.5 Å². The van der Waals surface area contributed by atoms with Crippen molar-refractivity contribution < 1.29 is 23.5 Å². The van der Waals surface area contributed by atoms with Crippen molar-refractivity contribution in [3.05, 3.63) is 65.0 Å². The van der Waals surface area contributed by atoms with Crippen LogP contribution in [0, 0.1) is 5.92 Å². The zero-order valence-corrected chi connectivity index (χ0v) is 17.7. The Balaban J connectivity index is 1.76. The molecule has 2 aromatic carbocycles. The highest BCUT2D eigenvalue weighted by Gasteiger charge is 2.26. The Morgan fingerprint density at radius 1 is 1.10 bits per heavy atom. The average molecular weight is 423 g/mol. The molecule has 0 bridgehead atoms. The van der Waals surface area contributed by atoms with Gasteiger partial charge in [-0.2, -0.15) is 0 Å². The van der Waals surface area contributed by atoms with E-state index in [4.69, 9.17) is 13.9 Å². The number of hydrogen-bond acceptors (Lipinski definition) is 6. The van der Waals surface area contributed by atoms with Gasteiger partial charge in [-0.05, 0) is 29.2 Å². The SMILES string of the molecule is CC[C@@H](C)[C@@H](NC(=O)COc1ccc2c(-c3ccccc3)cc(=O)oc2c1)C(=O)OC. The van der Waals surface area contributed by atoms with Gasteiger partial charge in [-0.3, -0.25) is 4.79 Å². The molecule has 3 rings (SSSR count). The number of nitrogens with one attached hydrogen (secondary N) is 1.